The number of aryl methyl sites for hydroxylation is 1. The van der Waals surface area contributed by atoms with Gasteiger partial charge >= 0.3 is 0 Å². The molecule has 3 rings (SSSR count). The van der Waals surface area contributed by atoms with E-state index in [9.17, 15) is 14.4 Å². The van der Waals surface area contributed by atoms with Gasteiger partial charge in [-0.05, 0) is 31.0 Å². The molecule has 1 heterocycles. The summed E-state index contributed by atoms with van der Waals surface area (Å²) in [7, 11) is 4.64. The van der Waals surface area contributed by atoms with Gasteiger partial charge in [0, 0.05) is 12.4 Å². The minimum atomic E-state index is -0.925. The van der Waals surface area contributed by atoms with Gasteiger partial charge in [0.25, 0.3) is 11.5 Å². The first-order valence-corrected chi connectivity index (χ1v) is 11.0. The van der Waals surface area contributed by atoms with Crippen LogP contribution in [0.15, 0.2) is 23.0 Å². The van der Waals surface area contributed by atoms with Crippen LogP contribution in [0.5, 0.6) is 11.5 Å². The van der Waals surface area contributed by atoms with Crippen LogP contribution in [0.1, 0.15) is 68.1 Å². The number of aromatic nitrogens is 1. The molecular formula is C24H32N2O5. The number of hydrogen-bond donors (Lipinski definition) is 1. The predicted octanol–water partition coefficient (Wildman–Crippen LogP) is 3.75. The van der Waals surface area contributed by atoms with E-state index in [4.69, 9.17) is 9.47 Å². The maximum atomic E-state index is 13.2. The van der Waals surface area contributed by atoms with Crippen molar-refractivity contribution in [1.29, 1.82) is 0 Å². The molecule has 0 saturated heterocycles. The maximum absolute atomic E-state index is 13.2. The van der Waals surface area contributed by atoms with Crippen molar-refractivity contribution in [2.75, 3.05) is 14.2 Å². The lowest BCUT2D eigenvalue weighted by atomic mass is 9.86. The Morgan fingerprint density at radius 3 is 2.19 bits per heavy atom. The second kappa shape index (κ2) is 9.98. The van der Waals surface area contributed by atoms with Crippen molar-refractivity contribution < 1.29 is 19.1 Å². The molecule has 31 heavy (non-hydrogen) atoms. The van der Waals surface area contributed by atoms with Crippen molar-refractivity contribution in [3.63, 3.8) is 0 Å². The standard InChI is InChI=1S/C24H32N2O5/c1-26-20-17(11-12-19(30-2)21(20)31-3)15-18(23(26)29)22(28)25-24(16-27)13-9-7-5-4-6-8-10-14-24/h11-12,15-16H,4-10,13-14H2,1-3H3,(H,25,28). The van der Waals surface area contributed by atoms with E-state index in [1.165, 1.54) is 25.2 Å². The van der Waals surface area contributed by atoms with Gasteiger partial charge in [-0.3, -0.25) is 9.59 Å². The fourth-order valence-electron chi connectivity index (χ4n) is 4.51. The summed E-state index contributed by atoms with van der Waals surface area (Å²) in [5.41, 5.74) is -0.809. The summed E-state index contributed by atoms with van der Waals surface area (Å²) in [6.07, 6.45) is 9.45. The average molecular weight is 429 g/mol. The smallest absolute Gasteiger partial charge is 0.263 e. The molecule has 168 valence electrons. The molecule has 2 aromatic rings. The zero-order valence-corrected chi connectivity index (χ0v) is 18.7. The number of fused-ring (bicyclic) bond motifs is 1. The van der Waals surface area contributed by atoms with E-state index in [0.29, 0.717) is 35.2 Å². The number of hydrogen-bond acceptors (Lipinski definition) is 5. The van der Waals surface area contributed by atoms with E-state index in [1.54, 1.807) is 25.2 Å². The van der Waals surface area contributed by atoms with E-state index in [-0.39, 0.29) is 5.56 Å². The third-order valence-corrected chi connectivity index (χ3v) is 6.30. The van der Waals surface area contributed by atoms with E-state index >= 15 is 0 Å². The average Bonchev–Trinajstić information content (AvgIpc) is 2.79. The lowest BCUT2D eigenvalue weighted by Gasteiger charge is -2.30. The number of nitrogens with one attached hydrogen (secondary N) is 1. The van der Waals surface area contributed by atoms with Gasteiger partial charge in [0.05, 0.1) is 25.3 Å². The van der Waals surface area contributed by atoms with Crippen LogP contribution in [0.4, 0.5) is 0 Å². The third kappa shape index (κ3) is 4.75. The van der Waals surface area contributed by atoms with Crippen molar-refractivity contribution in [3.05, 3.63) is 34.1 Å². The zero-order chi connectivity index (χ0) is 22.4. The quantitative estimate of drug-likeness (QED) is 0.733. The molecule has 0 unspecified atom stereocenters. The highest BCUT2D eigenvalue weighted by Crippen LogP contribution is 2.34. The van der Waals surface area contributed by atoms with Crippen molar-refractivity contribution in [1.82, 2.24) is 9.88 Å². The van der Waals surface area contributed by atoms with E-state index in [0.717, 1.165) is 44.8 Å². The SMILES string of the molecule is COc1ccc2cc(C(=O)NC3(C=O)CCCCCCCCC3)c(=O)n(C)c2c1OC. The fraction of sp³-hybridized carbons (Fsp3) is 0.542. The molecule has 1 fully saturated rings. The van der Waals surface area contributed by atoms with E-state index in [2.05, 4.69) is 5.32 Å². The summed E-state index contributed by atoms with van der Waals surface area (Å²) in [5, 5.41) is 3.60. The van der Waals surface area contributed by atoms with Crippen LogP contribution in [-0.2, 0) is 11.8 Å². The summed E-state index contributed by atoms with van der Waals surface area (Å²) in [6, 6.07) is 5.08. The van der Waals surface area contributed by atoms with Crippen molar-refractivity contribution in [2.24, 2.45) is 7.05 Å². The first-order valence-electron chi connectivity index (χ1n) is 11.0. The molecule has 0 radical (unpaired) electrons. The van der Waals surface area contributed by atoms with Crippen LogP contribution in [0, 0.1) is 0 Å². The Labute approximate surface area is 182 Å². The highest BCUT2D eigenvalue weighted by molar-refractivity contribution is 6.00. The molecule has 0 spiro atoms. The number of benzene rings is 1. The monoisotopic (exact) mass is 428 g/mol. The first-order chi connectivity index (χ1) is 15.0. The summed E-state index contributed by atoms with van der Waals surface area (Å²) < 4.78 is 12.2. The fourth-order valence-corrected chi connectivity index (χ4v) is 4.51. The summed E-state index contributed by atoms with van der Waals surface area (Å²) in [4.78, 5) is 38.4. The minimum Gasteiger partial charge on any atom is -0.493 e. The normalized spacial score (nSPS) is 17.0. The Morgan fingerprint density at radius 2 is 1.65 bits per heavy atom. The second-order valence-electron chi connectivity index (χ2n) is 8.36. The van der Waals surface area contributed by atoms with Crippen molar-refractivity contribution in [3.8, 4) is 11.5 Å². The number of carbonyl (C=O) groups is 2. The summed E-state index contributed by atoms with van der Waals surface area (Å²) >= 11 is 0. The van der Waals surface area contributed by atoms with Gasteiger partial charge in [-0.1, -0.05) is 44.9 Å². The van der Waals surface area contributed by atoms with E-state index in [1.807, 2.05) is 0 Å². The Balaban J connectivity index is 1.98. The van der Waals surface area contributed by atoms with Crippen LogP contribution in [0.25, 0.3) is 10.9 Å². The van der Waals surface area contributed by atoms with Gasteiger partial charge in [0.2, 0.25) is 0 Å². The minimum absolute atomic E-state index is 0.0144. The summed E-state index contributed by atoms with van der Waals surface area (Å²) in [5.74, 6) is 0.424. The molecule has 1 aromatic heterocycles. The number of aldehydes is 1. The lowest BCUT2D eigenvalue weighted by Crippen LogP contribution is -2.51. The molecule has 1 amide bonds. The highest BCUT2D eigenvalue weighted by Gasteiger charge is 2.32. The Kier molecular flexibility index (Phi) is 7.36. The Hall–Kier alpha value is -2.83. The van der Waals surface area contributed by atoms with Crippen LogP contribution >= 0.6 is 0 Å². The van der Waals surface area contributed by atoms with E-state index < -0.39 is 17.0 Å². The van der Waals surface area contributed by atoms with Crippen LogP contribution in [0.3, 0.4) is 0 Å². The Bertz CT molecular complexity index is 1000. The number of carbonyl (C=O) groups excluding carboxylic acids is 2. The number of methoxy groups -OCH3 is 2. The molecule has 1 aliphatic rings. The molecule has 1 saturated carbocycles. The number of pyridine rings is 1. The van der Waals surface area contributed by atoms with Crippen LogP contribution in [0.2, 0.25) is 0 Å². The van der Waals surface area contributed by atoms with Crippen molar-refractivity contribution in [2.45, 2.75) is 63.3 Å². The molecular weight excluding hydrogens is 396 g/mol. The van der Waals surface area contributed by atoms with Gasteiger partial charge in [-0.2, -0.15) is 0 Å². The molecule has 1 aromatic carbocycles. The second-order valence-corrected chi connectivity index (χ2v) is 8.36. The molecule has 1 N–H and O–H groups in total. The molecule has 0 atom stereocenters. The molecule has 7 heteroatoms. The van der Waals surface area contributed by atoms with Gasteiger partial charge < -0.3 is 24.2 Å². The van der Waals surface area contributed by atoms with Crippen LogP contribution < -0.4 is 20.3 Å². The predicted molar refractivity (Wildman–Crippen MR) is 120 cm³/mol. The largest absolute Gasteiger partial charge is 0.493 e. The maximum Gasteiger partial charge on any atom is 0.263 e. The van der Waals surface area contributed by atoms with Gasteiger partial charge in [0.1, 0.15) is 11.8 Å². The van der Waals surface area contributed by atoms with Gasteiger partial charge in [-0.15, -0.1) is 0 Å². The number of nitrogens with zero attached hydrogens (tertiary/aromatic N) is 1. The number of amides is 1. The number of rotatable bonds is 5. The van der Waals surface area contributed by atoms with Gasteiger partial charge in [0.15, 0.2) is 11.5 Å². The number of ether oxygens (including phenoxy) is 2. The highest BCUT2D eigenvalue weighted by atomic mass is 16.5. The molecule has 0 aliphatic heterocycles. The topological polar surface area (TPSA) is 86.6 Å². The Morgan fingerprint density at radius 1 is 1.03 bits per heavy atom. The van der Waals surface area contributed by atoms with Gasteiger partial charge in [-0.25, -0.2) is 0 Å². The summed E-state index contributed by atoms with van der Waals surface area (Å²) in [6.45, 7) is 0. The molecule has 0 bridgehead atoms. The third-order valence-electron chi connectivity index (χ3n) is 6.30. The molecule has 1 aliphatic carbocycles. The zero-order valence-electron chi connectivity index (χ0n) is 18.7. The molecule has 7 nitrogen and oxygen atoms in total. The van der Waals surface area contributed by atoms with Crippen LogP contribution in [-0.4, -0.2) is 36.5 Å². The lowest BCUT2D eigenvalue weighted by molar-refractivity contribution is -0.113. The van der Waals surface area contributed by atoms with Crippen molar-refractivity contribution >= 4 is 23.1 Å². The first kappa shape index (κ1) is 22.8.